The van der Waals surface area contributed by atoms with Gasteiger partial charge in [-0.05, 0) is 36.8 Å². The molecule has 2 aromatic carbocycles. The summed E-state index contributed by atoms with van der Waals surface area (Å²) in [5.41, 5.74) is 1.89. The minimum atomic E-state index is -0.317. The molecule has 0 aliphatic heterocycles. The summed E-state index contributed by atoms with van der Waals surface area (Å²) in [5.74, 6) is -0.317. The molecule has 0 aliphatic rings. The molecule has 0 amide bonds. The molecule has 2 nitrogen and oxygen atoms in total. The monoisotopic (exact) mass is 288 g/mol. The first-order chi connectivity index (χ1) is 9.61. The summed E-state index contributed by atoms with van der Waals surface area (Å²) in [6, 6.07) is 13.9. The van der Waals surface area contributed by atoms with Crippen LogP contribution in [0.2, 0.25) is 5.02 Å². The highest BCUT2D eigenvalue weighted by atomic mass is 35.5. The maximum absolute atomic E-state index is 13.7. The molecule has 2 aromatic rings. The predicted molar refractivity (Wildman–Crippen MR) is 77.8 cm³/mol. The van der Waals surface area contributed by atoms with Crippen molar-refractivity contribution in [2.75, 3.05) is 0 Å². The summed E-state index contributed by atoms with van der Waals surface area (Å²) in [5, 5.41) is 12.7. The minimum absolute atomic E-state index is 0.00570. The Morgan fingerprint density at radius 2 is 2.05 bits per heavy atom. The van der Waals surface area contributed by atoms with Gasteiger partial charge >= 0.3 is 0 Å². The third-order valence-corrected chi connectivity index (χ3v) is 3.49. The van der Waals surface area contributed by atoms with Crippen LogP contribution in [0.4, 0.5) is 4.39 Å². The van der Waals surface area contributed by atoms with Gasteiger partial charge in [0, 0.05) is 23.2 Å². The van der Waals surface area contributed by atoms with Crippen LogP contribution in [0.1, 0.15) is 29.7 Å². The summed E-state index contributed by atoms with van der Waals surface area (Å²) in [4.78, 5) is 0. The van der Waals surface area contributed by atoms with Crippen molar-refractivity contribution in [2.24, 2.45) is 0 Å². The Labute approximate surface area is 122 Å². The number of nitriles is 1. The normalized spacial score (nSPS) is 11.9. The van der Waals surface area contributed by atoms with Gasteiger partial charge in [0.25, 0.3) is 0 Å². The van der Waals surface area contributed by atoms with E-state index in [-0.39, 0.29) is 11.9 Å². The van der Waals surface area contributed by atoms with E-state index in [9.17, 15) is 4.39 Å². The van der Waals surface area contributed by atoms with E-state index < -0.39 is 0 Å². The Morgan fingerprint density at radius 1 is 1.30 bits per heavy atom. The van der Waals surface area contributed by atoms with Crippen molar-refractivity contribution < 1.29 is 4.39 Å². The molecule has 102 valence electrons. The fraction of sp³-hybridized carbons (Fsp3) is 0.188. The minimum Gasteiger partial charge on any atom is -0.306 e. The number of hydrogen-bond donors (Lipinski definition) is 1. The molecule has 0 bridgehead atoms. The average Bonchev–Trinajstić information content (AvgIpc) is 2.46. The molecule has 0 spiro atoms. The number of nitrogens with zero attached hydrogens (tertiary/aromatic N) is 1. The number of rotatable bonds is 4. The third-order valence-electron chi connectivity index (χ3n) is 3.15. The van der Waals surface area contributed by atoms with E-state index in [0.717, 1.165) is 5.56 Å². The molecule has 4 heteroatoms. The SMILES string of the molecule is CC(NCc1cc(C#N)ccc1F)c1ccccc1Cl. The number of benzene rings is 2. The Hall–Kier alpha value is -1.89. The largest absolute Gasteiger partial charge is 0.306 e. The van der Waals surface area contributed by atoms with Crippen molar-refractivity contribution in [1.82, 2.24) is 5.32 Å². The van der Waals surface area contributed by atoms with Crippen LogP contribution >= 0.6 is 11.6 Å². The molecular formula is C16H14ClFN2. The van der Waals surface area contributed by atoms with Crippen LogP contribution in [0.25, 0.3) is 0 Å². The van der Waals surface area contributed by atoms with Crippen LogP contribution in [0, 0.1) is 17.1 Å². The van der Waals surface area contributed by atoms with Gasteiger partial charge in [0.15, 0.2) is 0 Å². The van der Waals surface area contributed by atoms with E-state index >= 15 is 0 Å². The van der Waals surface area contributed by atoms with Crippen molar-refractivity contribution >= 4 is 11.6 Å². The molecule has 1 unspecified atom stereocenters. The molecule has 0 saturated heterocycles. The lowest BCUT2D eigenvalue weighted by atomic mass is 10.1. The summed E-state index contributed by atoms with van der Waals surface area (Å²) in [7, 11) is 0. The van der Waals surface area contributed by atoms with Crippen molar-refractivity contribution in [3.63, 3.8) is 0 Å². The summed E-state index contributed by atoms with van der Waals surface area (Å²) >= 11 is 6.12. The van der Waals surface area contributed by atoms with Crippen molar-refractivity contribution in [3.05, 3.63) is 70.0 Å². The van der Waals surface area contributed by atoms with Gasteiger partial charge in [0.2, 0.25) is 0 Å². The predicted octanol–water partition coefficient (Wildman–Crippen LogP) is 4.20. The molecule has 1 N–H and O–H groups in total. The Kier molecular flexibility index (Phi) is 4.73. The second-order valence-electron chi connectivity index (χ2n) is 4.54. The number of halogens is 2. The Balaban J connectivity index is 2.09. The molecule has 0 radical (unpaired) electrons. The number of nitrogens with one attached hydrogen (secondary N) is 1. The van der Waals surface area contributed by atoms with Crippen molar-refractivity contribution in [2.45, 2.75) is 19.5 Å². The Morgan fingerprint density at radius 3 is 2.75 bits per heavy atom. The molecule has 0 aromatic heterocycles. The van der Waals surface area contributed by atoms with Crippen LogP contribution in [0.3, 0.4) is 0 Å². The first kappa shape index (κ1) is 14.5. The highest BCUT2D eigenvalue weighted by Gasteiger charge is 2.10. The molecule has 20 heavy (non-hydrogen) atoms. The second kappa shape index (κ2) is 6.51. The van der Waals surface area contributed by atoms with Gasteiger partial charge in [0.05, 0.1) is 11.6 Å². The first-order valence-electron chi connectivity index (χ1n) is 6.28. The Bertz CT molecular complexity index is 649. The van der Waals surface area contributed by atoms with Gasteiger partial charge < -0.3 is 5.32 Å². The average molecular weight is 289 g/mol. The summed E-state index contributed by atoms with van der Waals surface area (Å²) < 4.78 is 13.7. The van der Waals surface area contributed by atoms with Crippen molar-refractivity contribution in [1.29, 1.82) is 5.26 Å². The van der Waals surface area contributed by atoms with Gasteiger partial charge in [0.1, 0.15) is 5.82 Å². The molecule has 0 fully saturated rings. The third kappa shape index (κ3) is 3.36. The van der Waals surface area contributed by atoms with E-state index in [1.165, 1.54) is 12.1 Å². The van der Waals surface area contributed by atoms with E-state index in [1.807, 2.05) is 37.3 Å². The van der Waals surface area contributed by atoms with E-state index in [0.29, 0.717) is 22.7 Å². The maximum Gasteiger partial charge on any atom is 0.127 e. The van der Waals surface area contributed by atoms with Crippen molar-refractivity contribution in [3.8, 4) is 6.07 Å². The van der Waals surface area contributed by atoms with E-state index in [2.05, 4.69) is 5.32 Å². The zero-order valence-corrected chi connectivity index (χ0v) is 11.8. The molecule has 0 saturated carbocycles. The van der Waals surface area contributed by atoms with Gasteiger partial charge in [-0.25, -0.2) is 4.39 Å². The topological polar surface area (TPSA) is 35.8 Å². The summed E-state index contributed by atoms with van der Waals surface area (Å²) in [6.45, 7) is 2.31. The van der Waals surface area contributed by atoms with Crippen LogP contribution in [0.5, 0.6) is 0 Å². The molecule has 0 aliphatic carbocycles. The smallest absolute Gasteiger partial charge is 0.127 e. The first-order valence-corrected chi connectivity index (χ1v) is 6.66. The quantitative estimate of drug-likeness (QED) is 0.915. The highest BCUT2D eigenvalue weighted by molar-refractivity contribution is 6.31. The lowest BCUT2D eigenvalue weighted by molar-refractivity contribution is 0.544. The van der Waals surface area contributed by atoms with Crippen LogP contribution in [-0.2, 0) is 6.54 Å². The fourth-order valence-corrected chi connectivity index (χ4v) is 2.28. The standard InChI is InChI=1S/C16H14ClFN2/c1-11(14-4-2-3-5-15(14)17)20-10-13-8-12(9-19)6-7-16(13)18/h2-8,11,20H,10H2,1H3. The van der Waals surface area contributed by atoms with Gasteiger partial charge in [-0.2, -0.15) is 5.26 Å². The van der Waals surface area contributed by atoms with E-state index in [1.54, 1.807) is 6.07 Å². The maximum atomic E-state index is 13.7. The molecule has 0 heterocycles. The number of hydrogen-bond acceptors (Lipinski definition) is 2. The van der Waals surface area contributed by atoms with Crippen LogP contribution < -0.4 is 5.32 Å². The second-order valence-corrected chi connectivity index (χ2v) is 4.95. The molecular weight excluding hydrogens is 275 g/mol. The van der Waals surface area contributed by atoms with Gasteiger partial charge in [-0.15, -0.1) is 0 Å². The fourth-order valence-electron chi connectivity index (χ4n) is 1.98. The van der Waals surface area contributed by atoms with E-state index in [4.69, 9.17) is 16.9 Å². The zero-order chi connectivity index (χ0) is 14.5. The van der Waals surface area contributed by atoms with Gasteiger partial charge in [-0.3, -0.25) is 0 Å². The molecule has 2 rings (SSSR count). The highest BCUT2D eigenvalue weighted by Crippen LogP contribution is 2.22. The lowest BCUT2D eigenvalue weighted by Crippen LogP contribution is -2.19. The lowest BCUT2D eigenvalue weighted by Gasteiger charge is -2.16. The van der Waals surface area contributed by atoms with Crippen LogP contribution in [0.15, 0.2) is 42.5 Å². The van der Waals surface area contributed by atoms with Crippen LogP contribution in [-0.4, -0.2) is 0 Å². The molecule has 1 atom stereocenters. The van der Waals surface area contributed by atoms with Gasteiger partial charge in [-0.1, -0.05) is 29.8 Å². The zero-order valence-electron chi connectivity index (χ0n) is 11.0. The summed E-state index contributed by atoms with van der Waals surface area (Å²) in [6.07, 6.45) is 0.